The Morgan fingerprint density at radius 3 is 2.74 bits per heavy atom. The quantitative estimate of drug-likeness (QED) is 0.631. The molecule has 1 heterocycles. The molecule has 5 nitrogen and oxygen atoms in total. The van der Waals surface area contributed by atoms with Crippen LogP contribution >= 0.6 is 15.9 Å². The minimum atomic E-state index is 0.0164. The van der Waals surface area contributed by atoms with Gasteiger partial charge in [-0.2, -0.15) is 0 Å². The molecule has 0 spiro atoms. The van der Waals surface area contributed by atoms with E-state index in [1.165, 1.54) is 5.56 Å². The second kappa shape index (κ2) is 6.79. The van der Waals surface area contributed by atoms with Crippen molar-refractivity contribution >= 4 is 15.9 Å². The SMILES string of the molecule is CCCn1nncc1C(Cc1ccc(Br)cc1)NN. The van der Waals surface area contributed by atoms with E-state index in [0.717, 1.165) is 29.6 Å². The molecule has 6 heteroatoms. The Morgan fingerprint density at radius 1 is 1.37 bits per heavy atom. The molecule has 1 aromatic carbocycles. The summed E-state index contributed by atoms with van der Waals surface area (Å²) < 4.78 is 2.98. The lowest BCUT2D eigenvalue weighted by atomic mass is 10.0. The number of nitrogens with one attached hydrogen (secondary N) is 1. The number of halogens is 1. The van der Waals surface area contributed by atoms with Crippen LogP contribution in [0.15, 0.2) is 34.9 Å². The fourth-order valence-electron chi connectivity index (χ4n) is 2.03. The Kier molecular flexibility index (Phi) is 5.07. The molecule has 0 aliphatic heterocycles. The molecule has 0 bridgehead atoms. The second-order valence-corrected chi connectivity index (χ2v) is 5.35. The first-order valence-corrected chi connectivity index (χ1v) is 7.12. The molecule has 0 aliphatic rings. The van der Waals surface area contributed by atoms with Gasteiger partial charge in [0.1, 0.15) is 0 Å². The van der Waals surface area contributed by atoms with Crippen LogP contribution in [0.5, 0.6) is 0 Å². The Hall–Kier alpha value is -1.24. The summed E-state index contributed by atoms with van der Waals surface area (Å²) >= 11 is 3.44. The van der Waals surface area contributed by atoms with E-state index >= 15 is 0 Å². The van der Waals surface area contributed by atoms with E-state index in [4.69, 9.17) is 5.84 Å². The van der Waals surface area contributed by atoms with Crippen molar-refractivity contribution in [1.29, 1.82) is 0 Å². The molecular formula is C13H18BrN5. The van der Waals surface area contributed by atoms with Crippen LogP contribution in [0.2, 0.25) is 0 Å². The van der Waals surface area contributed by atoms with Gasteiger partial charge in [0.25, 0.3) is 0 Å². The molecule has 1 aromatic heterocycles. The molecule has 0 radical (unpaired) electrons. The van der Waals surface area contributed by atoms with Crippen molar-refractivity contribution in [2.75, 3.05) is 0 Å². The van der Waals surface area contributed by atoms with Gasteiger partial charge in [-0.15, -0.1) is 5.10 Å². The molecule has 1 unspecified atom stereocenters. The van der Waals surface area contributed by atoms with Crippen LogP contribution in [-0.2, 0) is 13.0 Å². The topological polar surface area (TPSA) is 68.8 Å². The standard InChI is InChI=1S/C13H18BrN5/c1-2-7-19-13(9-16-18-19)12(17-15)8-10-3-5-11(14)6-4-10/h3-6,9,12,17H,2,7-8,15H2,1H3. The van der Waals surface area contributed by atoms with Crippen LogP contribution in [0.4, 0.5) is 0 Å². The lowest BCUT2D eigenvalue weighted by Crippen LogP contribution is -2.31. The first-order chi connectivity index (χ1) is 9.24. The van der Waals surface area contributed by atoms with E-state index < -0.39 is 0 Å². The minimum absolute atomic E-state index is 0.0164. The van der Waals surface area contributed by atoms with Crippen molar-refractivity contribution in [3.63, 3.8) is 0 Å². The van der Waals surface area contributed by atoms with Crippen molar-refractivity contribution in [2.24, 2.45) is 5.84 Å². The van der Waals surface area contributed by atoms with Gasteiger partial charge in [0.2, 0.25) is 0 Å². The van der Waals surface area contributed by atoms with Crippen LogP contribution in [0.3, 0.4) is 0 Å². The fourth-order valence-corrected chi connectivity index (χ4v) is 2.29. The smallest absolute Gasteiger partial charge is 0.0773 e. The molecule has 19 heavy (non-hydrogen) atoms. The van der Waals surface area contributed by atoms with Crippen LogP contribution < -0.4 is 11.3 Å². The van der Waals surface area contributed by atoms with Crippen molar-refractivity contribution < 1.29 is 0 Å². The number of hydrazine groups is 1. The van der Waals surface area contributed by atoms with Gasteiger partial charge in [0, 0.05) is 11.0 Å². The minimum Gasteiger partial charge on any atom is -0.271 e. The molecule has 102 valence electrons. The maximum atomic E-state index is 5.68. The van der Waals surface area contributed by atoms with Gasteiger partial charge in [-0.25, -0.2) is 4.68 Å². The normalized spacial score (nSPS) is 12.6. The van der Waals surface area contributed by atoms with Crippen LogP contribution in [0, 0.1) is 0 Å². The van der Waals surface area contributed by atoms with E-state index in [1.54, 1.807) is 6.20 Å². The Balaban J connectivity index is 2.15. The zero-order valence-corrected chi connectivity index (χ0v) is 12.5. The first kappa shape index (κ1) is 14.2. The van der Waals surface area contributed by atoms with E-state index in [9.17, 15) is 0 Å². The number of benzene rings is 1. The number of aromatic nitrogens is 3. The number of nitrogens with two attached hydrogens (primary N) is 1. The van der Waals surface area contributed by atoms with E-state index in [-0.39, 0.29) is 6.04 Å². The molecule has 0 saturated heterocycles. The number of hydrogen-bond donors (Lipinski definition) is 2. The highest BCUT2D eigenvalue weighted by atomic mass is 79.9. The molecule has 0 saturated carbocycles. The first-order valence-electron chi connectivity index (χ1n) is 6.33. The van der Waals surface area contributed by atoms with Gasteiger partial charge in [-0.05, 0) is 30.5 Å². The fraction of sp³-hybridized carbons (Fsp3) is 0.385. The average molecular weight is 324 g/mol. The summed E-state index contributed by atoms with van der Waals surface area (Å²) in [6.45, 7) is 2.97. The third-order valence-electron chi connectivity index (χ3n) is 2.99. The monoisotopic (exact) mass is 323 g/mol. The van der Waals surface area contributed by atoms with E-state index in [1.807, 2.05) is 16.8 Å². The molecule has 2 rings (SSSR count). The maximum Gasteiger partial charge on any atom is 0.0773 e. The van der Waals surface area contributed by atoms with Gasteiger partial charge >= 0.3 is 0 Å². The lowest BCUT2D eigenvalue weighted by Gasteiger charge is -2.16. The molecule has 0 fully saturated rings. The highest BCUT2D eigenvalue weighted by Crippen LogP contribution is 2.19. The van der Waals surface area contributed by atoms with Crippen molar-refractivity contribution in [2.45, 2.75) is 32.4 Å². The number of hydrogen-bond acceptors (Lipinski definition) is 4. The van der Waals surface area contributed by atoms with Crippen molar-refractivity contribution in [3.05, 3.63) is 46.2 Å². The summed E-state index contributed by atoms with van der Waals surface area (Å²) in [4.78, 5) is 0. The predicted octanol–water partition coefficient (Wildman–Crippen LogP) is 2.20. The van der Waals surface area contributed by atoms with Gasteiger partial charge in [0.15, 0.2) is 0 Å². The van der Waals surface area contributed by atoms with E-state index in [0.29, 0.717) is 0 Å². The summed E-state index contributed by atoms with van der Waals surface area (Å²) in [6, 6.07) is 8.25. The number of nitrogens with zero attached hydrogens (tertiary/aromatic N) is 3. The molecule has 0 amide bonds. The largest absolute Gasteiger partial charge is 0.271 e. The maximum absolute atomic E-state index is 5.68. The third kappa shape index (κ3) is 3.62. The summed E-state index contributed by atoms with van der Waals surface area (Å²) in [7, 11) is 0. The number of aryl methyl sites for hydroxylation is 1. The van der Waals surface area contributed by atoms with Gasteiger partial charge in [0.05, 0.1) is 17.9 Å². The average Bonchev–Trinajstić information content (AvgIpc) is 2.87. The van der Waals surface area contributed by atoms with E-state index in [2.05, 4.69) is 50.7 Å². The molecular weight excluding hydrogens is 306 g/mol. The van der Waals surface area contributed by atoms with Gasteiger partial charge in [-0.1, -0.05) is 40.2 Å². The number of rotatable bonds is 6. The summed E-state index contributed by atoms with van der Waals surface area (Å²) in [5.41, 5.74) is 5.09. The zero-order chi connectivity index (χ0) is 13.7. The van der Waals surface area contributed by atoms with Crippen LogP contribution in [0.1, 0.15) is 30.6 Å². The zero-order valence-electron chi connectivity index (χ0n) is 10.9. The molecule has 2 aromatic rings. The van der Waals surface area contributed by atoms with Gasteiger partial charge in [-0.3, -0.25) is 11.3 Å². The van der Waals surface area contributed by atoms with Gasteiger partial charge < -0.3 is 0 Å². The Labute approximate surface area is 121 Å². The van der Waals surface area contributed by atoms with Crippen molar-refractivity contribution in [1.82, 2.24) is 20.4 Å². The van der Waals surface area contributed by atoms with Crippen LogP contribution in [-0.4, -0.2) is 15.0 Å². The summed E-state index contributed by atoms with van der Waals surface area (Å²) in [5.74, 6) is 5.68. The highest BCUT2D eigenvalue weighted by Gasteiger charge is 2.16. The summed E-state index contributed by atoms with van der Waals surface area (Å²) in [5, 5.41) is 8.07. The Morgan fingerprint density at radius 2 is 2.11 bits per heavy atom. The lowest BCUT2D eigenvalue weighted by molar-refractivity contribution is 0.474. The predicted molar refractivity (Wildman–Crippen MR) is 78.2 cm³/mol. The second-order valence-electron chi connectivity index (χ2n) is 4.43. The Bertz CT molecular complexity index is 508. The molecule has 1 atom stereocenters. The molecule has 0 aliphatic carbocycles. The van der Waals surface area contributed by atoms with Crippen molar-refractivity contribution in [3.8, 4) is 0 Å². The third-order valence-corrected chi connectivity index (χ3v) is 3.52. The molecule has 3 N–H and O–H groups in total. The highest BCUT2D eigenvalue weighted by molar-refractivity contribution is 9.10. The van der Waals surface area contributed by atoms with Crippen LogP contribution in [0.25, 0.3) is 0 Å². The summed E-state index contributed by atoms with van der Waals surface area (Å²) in [6.07, 6.45) is 3.60.